The molecule has 1 aromatic carbocycles. The van der Waals surface area contributed by atoms with Crippen molar-refractivity contribution in [3.05, 3.63) is 64.3 Å². The van der Waals surface area contributed by atoms with Crippen LogP contribution in [0.15, 0.2) is 35.6 Å². The van der Waals surface area contributed by atoms with Gasteiger partial charge in [0, 0.05) is 36.8 Å². The summed E-state index contributed by atoms with van der Waals surface area (Å²) in [6, 6.07) is 3.13. The average molecular weight is 497 g/mol. The first-order valence-corrected chi connectivity index (χ1v) is 11.7. The highest BCUT2D eigenvalue weighted by atomic mass is 35.5. The van der Waals surface area contributed by atoms with E-state index in [4.69, 9.17) is 16.3 Å². The SMILES string of the molecule is COc1ncc(Cl)cc1S(=O)(=O)Nc1ccc(F)c([C@H]2CCc3c(C(C)=O)ncn3C2)c1F. The zero-order chi connectivity index (χ0) is 23.9. The second kappa shape index (κ2) is 8.71. The van der Waals surface area contributed by atoms with E-state index in [0.29, 0.717) is 18.5 Å². The Kier molecular flexibility index (Phi) is 6.10. The molecule has 0 radical (unpaired) electrons. The molecule has 8 nitrogen and oxygen atoms in total. The van der Waals surface area contributed by atoms with Crippen molar-refractivity contribution in [1.29, 1.82) is 0 Å². The maximum Gasteiger partial charge on any atom is 0.267 e. The summed E-state index contributed by atoms with van der Waals surface area (Å²) in [6.07, 6.45) is 3.45. The van der Waals surface area contributed by atoms with Gasteiger partial charge in [0.1, 0.15) is 11.5 Å². The van der Waals surface area contributed by atoms with E-state index in [-0.39, 0.29) is 33.7 Å². The van der Waals surface area contributed by atoms with Gasteiger partial charge in [-0.3, -0.25) is 9.52 Å². The molecule has 1 N–H and O–H groups in total. The number of pyridine rings is 1. The maximum absolute atomic E-state index is 15.4. The van der Waals surface area contributed by atoms with Crippen LogP contribution in [0.5, 0.6) is 5.88 Å². The predicted octanol–water partition coefficient (Wildman–Crippen LogP) is 3.95. The number of imidazole rings is 1. The van der Waals surface area contributed by atoms with Crippen LogP contribution in [0.2, 0.25) is 5.02 Å². The third-order valence-corrected chi connectivity index (χ3v) is 7.04. The molecule has 0 saturated carbocycles. The second-order valence-corrected chi connectivity index (χ2v) is 9.66. The molecule has 174 valence electrons. The van der Waals surface area contributed by atoms with Crippen molar-refractivity contribution in [2.75, 3.05) is 11.8 Å². The van der Waals surface area contributed by atoms with E-state index in [1.54, 1.807) is 4.57 Å². The number of rotatable bonds is 6. The summed E-state index contributed by atoms with van der Waals surface area (Å²) < 4.78 is 64.7. The van der Waals surface area contributed by atoms with Crippen LogP contribution in [0, 0.1) is 11.6 Å². The third kappa shape index (κ3) is 4.30. The standard InChI is InChI=1S/C21H19ClF2N4O4S/c1-11(29)20-16-6-3-12(9-28(16)10-26-20)18-14(23)4-5-15(19(18)24)27-33(30,31)17-7-13(22)8-25-21(17)32-2/h4-5,7-8,10,12,27H,3,6,9H2,1-2H3/t12-/m0/s1. The predicted molar refractivity (Wildman–Crippen MR) is 116 cm³/mol. The second-order valence-electron chi connectivity index (χ2n) is 7.57. The van der Waals surface area contributed by atoms with Crippen LogP contribution in [0.1, 0.15) is 41.0 Å². The zero-order valence-electron chi connectivity index (χ0n) is 17.6. The number of hydrogen-bond donors (Lipinski definition) is 1. The number of anilines is 1. The zero-order valence-corrected chi connectivity index (χ0v) is 19.2. The Morgan fingerprint density at radius 2 is 2.06 bits per heavy atom. The Morgan fingerprint density at radius 1 is 1.30 bits per heavy atom. The quantitative estimate of drug-likeness (QED) is 0.518. The minimum absolute atomic E-state index is 0.0414. The Balaban J connectivity index is 1.68. The van der Waals surface area contributed by atoms with Gasteiger partial charge in [-0.25, -0.2) is 27.2 Å². The molecule has 4 rings (SSSR count). The third-order valence-electron chi connectivity index (χ3n) is 5.47. The molecular formula is C21H19ClF2N4O4S. The summed E-state index contributed by atoms with van der Waals surface area (Å²) in [6.45, 7) is 1.61. The van der Waals surface area contributed by atoms with Gasteiger partial charge in [0.25, 0.3) is 10.0 Å². The van der Waals surface area contributed by atoms with Crippen molar-refractivity contribution in [3.8, 4) is 5.88 Å². The van der Waals surface area contributed by atoms with Crippen LogP contribution in [0.3, 0.4) is 0 Å². The van der Waals surface area contributed by atoms with Crippen molar-refractivity contribution in [2.45, 2.75) is 37.1 Å². The first kappa shape index (κ1) is 23.1. The number of carbonyl (C=O) groups excluding carboxylic acids is 1. The lowest BCUT2D eigenvalue weighted by Gasteiger charge is -2.26. The van der Waals surface area contributed by atoms with Crippen molar-refractivity contribution < 1.29 is 26.7 Å². The minimum atomic E-state index is -4.35. The number of nitrogens with one attached hydrogen (secondary N) is 1. The van der Waals surface area contributed by atoms with Crippen molar-refractivity contribution in [3.63, 3.8) is 0 Å². The fraction of sp³-hybridized carbons (Fsp3) is 0.286. The minimum Gasteiger partial charge on any atom is -0.480 e. The number of benzene rings is 1. The van der Waals surface area contributed by atoms with Crippen molar-refractivity contribution in [2.24, 2.45) is 0 Å². The molecular weight excluding hydrogens is 478 g/mol. The van der Waals surface area contributed by atoms with E-state index < -0.39 is 33.3 Å². The van der Waals surface area contributed by atoms with Gasteiger partial charge in [0.05, 0.1) is 24.1 Å². The van der Waals surface area contributed by atoms with E-state index in [1.165, 1.54) is 26.6 Å². The number of fused-ring (bicyclic) bond motifs is 1. The van der Waals surface area contributed by atoms with Crippen LogP contribution < -0.4 is 9.46 Å². The van der Waals surface area contributed by atoms with Gasteiger partial charge < -0.3 is 9.30 Å². The molecule has 0 bridgehead atoms. The van der Waals surface area contributed by atoms with Gasteiger partial charge in [0.2, 0.25) is 5.88 Å². The van der Waals surface area contributed by atoms with Crippen LogP contribution in [0.4, 0.5) is 14.5 Å². The average Bonchev–Trinajstić information content (AvgIpc) is 3.19. The van der Waals surface area contributed by atoms with Gasteiger partial charge in [0.15, 0.2) is 16.5 Å². The fourth-order valence-electron chi connectivity index (χ4n) is 3.97. The Morgan fingerprint density at radius 3 is 2.76 bits per heavy atom. The molecule has 1 aliphatic heterocycles. The molecule has 3 heterocycles. The number of methoxy groups -OCH3 is 1. The maximum atomic E-state index is 15.4. The first-order valence-electron chi connectivity index (χ1n) is 9.87. The normalized spacial score (nSPS) is 15.7. The summed E-state index contributed by atoms with van der Waals surface area (Å²) in [7, 11) is -3.12. The van der Waals surface area contributed by atoms with Crippen LogP contribution in [-0.4, -0.2) is 35.8 Å². The number of ether oxygens (including phenoxy) is 1. The number of carbonyl (C=O) groups is 1. The van der Waals surface area contributed by atoms with Crippen molar-refractivity contribution >= 4 is 33.1 Å². The molecule has 0 unspecified atom stereocenters. The number of nitrogens with zero attached hydrogens (tertiary/aromatic N) is 3. The highest BCUT2D eigenvalue weighted by molar-refractivity contribution is 7.92. The van der Waals surface area contributed by atoms with Crippen LogP contribution in [0.25, 0.3) is 0 Å². The van der Waals surface area contributed by atoms with Gasteiger partial charge in [-0.15, -0.1) is 0 Å². The molecule has 3 aromatic rings. The molecule has 2 aromatic heterocycles. The molecule has 0 saturated heterocycles. The highest BCUT2D eigenvalue weighted by Gasteiger charge is 2.30. The van der Waals surface area contributed by atoms with Crippen molar-refractivity contribution in [1.82, 2.24) is 14.5 Å². The summed E-state index contributed by atoms with van der Waals surface area (Å²) >= 11 is 5.86. The number of halogens is 3. The number of hydrogen-bond acceptors (Lipinski definition) is 6. The molecule has 0 spiro atoms. The van der Waals surface area contributed by atoms with Gasteiger partial charge in [-0.05, 0) is 31.0 Å². The smallest absolute Gasteiger partial charge is 0.267 e. The molecule has 33 heavy (non-hydrogen) atoms. The molecule has 12 heteroatoms. The van der Waals surface area contributed by atoms with E-state index in [0.717, 1.165) is 23.9 Å². The largest absolute Gasteiger partial charge is 0.480 e. The van der Waals surface area contributed by atoms with Gasteiger partial charge >= 0.3 is 0 Å². The molecule has 0 amide bonds. The summed E-state index contributed by atoms with van der Waals surface area (Å²) in [5.74, 6) is -2.80. The van der Waals surface area contributed by atoms with Gasteiger partial charge in [-0.1, -0.05) is 11.6 Å². The van der Waals surface area contributed by atoms with E-state index in [9.17, 15) is 17.6 Å². The molecule has 1 atom stereocenters. The lowest BCUT2D eigenvalue weighted by atomic mass is 9.89. The number of sulfonamides is 1. The first-order chi connectivity index (χ1) is 15.6. The van der Waals surface area contributed by atoms with E-state index >= 15 is 4.39 Å². The summed E-state index contributed by atoms with van der Waals surface area (Å²) in [5, 5.41) is 0.0414. The Labute approximate surface area is 193 Å². The Bertz CT molecular complexity index is 1360. The van der Waals surface area contributed by atoms with E-state index in [1.807, 2.05) is 0 Å². The lowest BCUT2D eigenvalue weighted by Crippen LogP contribution is -2.22. The monoisotopic (exact) mass is 496 g/mol. The van der Waals surface area contributed by atoms with Crippen LogP contribution >= 0.6 is 11.6 Å². The lowest BCUT2D eigenvalue weighted by molar-refractivity contribution is 0.101. The molecule has 0 fully saturated rings. The summed E-state index contributed by atoms with van der Waals surface area (Å²) in [4.78, 5) is 19.2. The molecule has 0 aliphatic carbocycles. The highest BCUT2D eigenvalue weighted by Crippen LogP contribution is 2.36. The van der Waals surface area contributed by atoms with Crippen LogP contribution in [-0.2, 0) is 23.0 Å². The summed E-state index contributed by atoms with van der Waals surface area (Å²) in [5.41, 5.74) is 0.404. The topological polar surface area (TPSA) is 103 Å². The fourth-order valence-corrected chi connectivity index (χ4v) is 5.40. The Hall–Kier alpha value is -3.05. The number of Topliss-reactive ketones (excluding diaryl/α,β-unsaturated/α-hetero) is 1. The molecule has 1 aliphatic rings. The van der Waals surface area contributed by atoms with E-state index in [2.05, 4.69) is 14.7 Å². The number of ketones is 1. The number of aromatic nitrogens is 3. The van der Waals surface area contributed by atoms with Gasteiger partial charge in [-0.2, -0.15) is 0 Å².